The molecule has 0 fully saturated rings. The van der Waals surface area contributed by atoms with E-state index in [9.17, 15) is 16.8 Å². The zero-order valence-electron chi connectivity index (χ0n) is 9.84. The highest BCUT2D eigenvalue weighted by Crippen LogP contribution is 2.17. The van der Waals surface area contributed by atoms with E-state index < -0.39 is 40.9 Å². The maximum Gasteiger partial charge on any atom is 0.252 e. The van der Waals surface area contributed by atoms with Gasteiger partial charge in [-0.1, -0.05) is 0 Å². The monoisotopic (exact) mass is 299 g/mol. The Bertz CT molecular complexity index is 587. The lowest BCUT2D eigenvalue weighted by atomic mass is 10.9. The molecule has 9 nitrogen and oxygen atoms in total. The van der Waals surface area contributed by atoms with E-state index in [0.29, 0.717) is 4.57 Å². The van der Waals surface area contributed by atoms with E-state index in [1.54, 1.807) is 0 Å². The number of hydrogen-bond acceptors (Lipinski definition) is 8. The molecule has 11 heteroatoms. The molecule has 0 amide bonds. The molecule has 0 aliphatic carbocycles. The van der Waals surface area contributed by atoms with Crippen molar-refractivity contribution in [2.45, 2.75) is 35.0 Å². The maximum atomic E-state index is 11.6. The molecular weight excluding hydrogens is 286 g/mol. The highest BCUT2D eigenvalue weighted by Gasteiger charge is 2.33. The van der Waals surface area contributed by atoms with Gasteiger partial charge in [-0.3, -0.25) is 4.57 Å². The minimum Gasteiger partial charge on any atom is -0.377 e. The summed E-state index contributed by atoms with van der Waals surface area (Å²) >= 11 is 0. The molecule has 0 saturated heterocycles. The molecule has 1 aromatic heterocycles. The van der Waals surface area contributed by atoms with Gasteiger partial charge in [-0.25, -0.2) is 16.8 Å². The summed E-state index contributed by atoms with van der Waals surface area (Å²) in [7, 11) is -7.23. The molecule has 1 aromatic rings. The summed E-state index contributed by atoms with van der Waals surface area (Å²) < 4.78 is 47.2. The molecule has 2 N–H and O–H groups in total. The van der Waals surface area contributed by atoms with Gasteiger partial charge >= 0.3 is 0 Å². The van der Waals surface area contributed by atoms with Crippen LogP contribution in [0.1, 0.15) is 13.8 Å². The number of hydrogen-bond donors (Lipinski definition) is 2. The van der Waals surface area contributed by atoms with Crippen LogP contribution in [0, 0.1) is 0 Å². The fraction of sp³-hybridized carbons (Fsp3) is 0.714. The van der Waals surface area contributed by atoms with Gasteiger partial charge in [-0.15, -0.1) is 10.2 Å². The Labute approximate surface area is 104 Å². The third-order valence-electron chi connectivity index (χ3n) is 2.20. The van der Waals surface area contributed by atoms with Crippen molar-refractivity contribution in [2.75, 3.05) is 0 Å². The fourth-order valence-electron chi connectivity index (χ4n) is 1.10. The molecule has 0 aromatic carbocycles. The second kappa shape index (κ2) is 4.57. The van der Waals surface area contributed by atoms with Gasteiger partial charge in [0.15, 0.2) is 10.9 Å². The van der Waals surface area contributed by atoms with Crippen LogP contribution in [-0.4, -0.2) is 52.7 Å². The van der Waals surface area contributed by atoms with Crippen LogP contribution in [0.3, 0.4) is 0 Å². The topological polar surface area (TPSA) is 139 Å². The highest BCUT2D eigenvalue weighted by atomic mass is 32.2. The first-order valence-electron chi connectivity index (χ1n) is 4.76. The smallest absolute Gasteiger partial charge is 0.252 e. The molecule has 1 heterocycles. The SMILES string of the molecule is CC(O)S(=O)(=O)c1nnc(S(=O)(=O)C(C)O)n1C. The molecule has 1 rings (SSSR count). The van der Waals surface area contributed by atoms with Gasteiger partial charge in [0.1, 0.15) is 0 Å². The zero-order valence-corrected chi connectivity index (χ0v) is 11.5. The first kappa shape index (κ1) is 15.0. The van der Waals surface area contributed by atoms with E-state index in [0.717, 1.165) is 20.9 Å². The molecular formula is C7H13N3O6S2. The Balaban J connectivity index is 3.49. The van der Waals surface area contributed by atoms with Crippen LogP contribution in [0.15, 0.2) is 10.3 Å². The minimum atomic E-state index is -4.17. The van der Waals surface area contributed by atoms with Crippen molar-refractivity contribution in [2.24, 2.45) is 7.05 Å². The maximum absolute atomic E-state index is 11.6. The van der Waals surface area contributed by atoms with Gasteiger partial charge in [-0.05, 0) is 13.8 Å². The number of aromatic nitrogens is 3. The molecule has 104 valence electrons. The highest BCUT2D eigenvalue weighted by molar-refractivity contribution is 7.92. The number of nitrogens with zero attached hydrogens (tertiary/aromatic N) is 3. The predicted molar refractivity (Wildman–Crippen MR) is 58.7 cm³/mol. The molecule has 0 aliphatic rings. The van der Waals surface area contributed by atoms with Crippen molar-refractivity contribution in [1.29, 1.82) is 0 Å². The number of aliphatic hydroxyl groups excluding tert-OH is 2. The molecule has 0 bridgehead atoms. The van der Waals surface area contributed by atoms with E-state index in [4.69, 9.17) is 10.2 Å². The molecule has 0 aliphatic heterocycles. The van der Waals surface area contributed by atoms with Gasteiger partial charge < -0.3 is 10.2 Å². The van der Waals surface area contributed by atoms with Crippen LogP contribution in [-0.2, 0) is 26.7 Å². The van der Waals surface area contributed by atoms with Gasteiger partial charge in [-0.2, -0.15) is 0 Å². The number of rotatable bonds is 4. The number of sulfone groups is 2. The lowest BCUT2D eigenvalue weighted by molar-refractivity contribution is 0.265. The summed E-state index contributed by atoms with van der Waals surface area (Å²) in [5, 5.41) is 23.3. The average molecular weight is 299 g/mol. The largest absolute Gasteiger partial charge is 0.377 e. The van der Waals surface area contributed by atoms with Crippen LogP contribution in [0.25, 0.3) is 0 Å². The average Bonchev–Trinajstić information content (AvgIpc) is 2.60. The molecule has 0 saturated carbocycles. The summed E-state index contributed by atoms with van der Waals surface area (Å²) in [6, 6.07) is 0. The second-order valence-corrected chi connectivity index (χ2v) is 7.89. The summed E-state index contributed by atoms with van der Waals surface area (Å²) in [4.78, 5) is 0. The third kappa shape index (κ3) is 2.25. The Morgan fingerprint density at radius 2 is 1.22 bits per heavy atom. The van der Waals surface area contributed by atoms with E-state index in [1.807, 2.05) is 0 Å². The van der Waals surface area contributed by atoms with Crippen LogP contribution < -0.4 is 0 Å². The Kier molecular flexibility index (Phi) is 3.81. The molecule has 18 heavy (non-hydrogen) atoms. The summed E-state index contributed by atoms with van der Waals surface area (Å²) in [6.45, 7) is 2.01. The quantitative estimate of drug-likeness (QED) is 0.653. The van der Waals surface area contributed by atoms with Crippen molar-refractivity contribution in [1.82, 2.24) is 14.8 Å². The van der Waals surface area contributed by atoms with Crippen molar-refractivity contribution in [3.63, 3.8) is 0 Å². The van der Waals surface area contributed by atoms with Gasteiger partial charge in [0.25, 0.3) is 10.3 Å². The van der Waals surface area contributed by atoms with E-state index in [1.165, 1.54) is 0 Å². The first-order chi connectivity index (χ1) is 8.02. The van der Waals surface area contributed by atoms with Crippen LogP contribution >= 0.6 is 0 Å². The Morgan fingerprint density at radius 1 is 0.944 bits per heavy atom. The van der Waals surface area contributed by atoms with Crippen molar-refractivity contribution < 1.29 is 27.0 Å². The lowest BCUT2D eigenvalue weighted by Crippen LogP contribution is -2.24. The second-order valence-electron chi connectivity index (χ2n) is 3.61. The van der Waals surface area contributed by atoms with Crippen LogP contribution in [0.2, 0.25) is 0 Å². The summed E-state index contributed by atoms with van der Waals surface area (Å²) in [5.41, 5.74) is -3.50. The summed E-state index contributed by atoms with van der Waals surface area (Å²) in [5.74, 6) is 0. The standard InChI is InChI=1S/C7H13N3O6S2/c1-4(11)17(13,14)6-8-9-7(10(6)3)18(15,16)5(2)12/h4-5,11-12H,1-3H3. The third-order valence-corrected chi connectivity index (χ3v) is 5.73. The van der Waals surface area contributed by atoms with Crippen LogP contribution in [0.4, 0.5) is 0 Å². The lowest BCUT2D eigenvalue weighted by Gasteiger charge is -2.08. The van der Waals surface area contributed by atoms with Gasteiger partial charge in [0, 0.05) is 7.05 Å². The Hall–Kier alpha value is -1.04. The molecule has 2 atom stereocenters. The molecule has 0 spiro atoms. The van der Waals surface area contributed by atoms with Crippen molar-refractivity contribution in [3.05, 3.63) is 0 Å². The summed E-state index contributed by atoms with van der Waals surface area (Å²) in [6.07, 6.45) is 0. The number of aliphatic hydroxyl groups is 2. The van der Waals surface area contributed by atoms with Crippen molar-refractivity contribution in [3.8, 4) is 0 Å². The normalized spacial score (nSPS) is 16.5. The fourth-order valence-corrected chi connectivity index (χ4v) is 3.02. The van der Waals surface area contributed by atoms with E-state index in [-0.39, 0.29) is 0 Å². The molecule has 2 unspecified atom stereocenters. The van der Waals surface area contributed by atoms with Gasteiger partial charge in [0.2, 0.25) is 19.7 Å². The van der Waals surface area contributed by atoms with Crippen LogP contribution in [0.5, 0.6) is 0 Å². The molecule has 0 radical (unpaired) electrons. The zero-order chi connectivity index (χ0) is 14.3. The van der Waals surface area contributed by atoms with Crippen molar-refractivity contribution >= 4 is 19.7 Å². The predicted octanol–water partition coefficient (Wildman–Crippen LogP) is -1.96. The van der Waals surface area contributed by atoms with Gasteiger partial charge in [0.05, 0.1) is 0 Å². The Morgan fingerprint density at radius 3 is 1.44 bits per heavy atom. The van der Waals surface area contributed by atoms with E-state index in [2.05, 4.69) is 10.2 Å². The first-order valence-corrected chi connectivity index (χ1v) is 7.85. The van der Waals surface area contributed by atoms with E-state index >= 15 is 0 Å². The minimum absolute atomic E-state index is 0.684.